The first kappa shape index (κ1) is 12.2. The highest BCUT2D eigenvalue weighted by Crippen LogP contribution is 2.21. The Morgan fingerprint density at radius 3 is 3.06 bits per heavy atom. The molecule has 1 aromatic carbocycles. The van der Waals surface area contributed by atoms with Gasteiger partial charge >= 0.3 is 0 Å². The Morgan fingerprint density at radius 2 is 2.41 bits per heavy atom. The first-order valence-corrected chi connectivity index (χ1v) is 6.31. The number of hydrogen-bond acceptors (Lipinski definition) is 3. The fraction of sp³-hybridized carbons (Fsp3) is 0.462. The molecular weight excluding hydrogens is 234 g/mol. The molecule has 90 valence electrons. The summed E-state index contributed by atoms with van der Waals surface area (Å²) in [6.07, 6.45) is 2.52. The zero-order valence-corrected chi connectivity index (χ0v) is 10.4. The SMILES string of the molecule is N#Cc1ccc(NCC2CCCNC2)cc1Cl. The Labute approximate surface area is 107 Å². The van der Waals surface area contributed by atoms with E-state index >= 15 is 0 Å². The number of rotatable bonds is 3. The molecule has 1 unspecified atom stereocenters. The van der Waals surface area contributed by atoms with E-state index in [0.717, 1.165) is 25.3 Å². The van der Waals surface area contributed by atoms with E-state index in [1.807, 2.05) is 12.1 Å². The second kappa shape index (κ2) is 5.90. The molecule has 1 fully saturated rings. The van der Waals surface area contributed by atoms with Gasteiger partial charge in [-0.15, -0.1) is 0 Å². The number of nitriles is 1. The average molecular weight is 250 g/mol. The van der Waals surface area contributed by atoms with Crippen molar-refractivity contribution < 1.29 is 0 Å². The largest absolute Gasteiger partial charge is 0.385 e. The third kappa shape index (κ3) is 3.36. The van der Waals surface area contributed by atoms with Crippen LogP contribution in [0.1, 0.15) is 18.4 Å². The normalized spacial score (nSPS) is 19.6. The molecule has 0 bridgehead atoms. The minimum atomic E-state index is 0.513. The van der Waals surface area contributed by atoms with Gasteiger partial charge in [0.1, 0.15) is 6.07 Å². The maximum Gasteiger partial charge on any atom is 0.101 e. The van der Waals surface area contributed by atoms with Crippen LogP contribution in [0.25, 0.3) is 0 Å². The molecule has 1 heterocycles. The molecule has 1 aliphatic rings. The van der Waals surface area contributed by atoms with E-state index in [-0.39, 0.29) is 0 Å². The smallest absolute Gasteiger partial charge is 0.101 e. The predicted octanol–water partition coefficient (Wildman–Crippen LogP) is 2.62. The van der Waals surface area contributed by atoms with Crippen molar-refractivity contribution in [2.45, 2.75) is 12.8 Å². The van der Waals surface area contributed by atoms with Crippen molar-refractivity contribution >= 4 is 17.3 Å². The summed E-state index contributed by atoms with van der Waals surface area (Å²) in [6.45, 7) is 3.17. The van der Waals surface area contributed by atoms with Crippen molar-refractivity contribution in [3.63, 3.8) is 0 Å². The lowest BCUT2D eigenvalue weighted by molar-refractivity contribution is 0.393. The summed E-state index contributed by atoms with van der Waals surface area (Å²) < 4.78 is 0. The fourth-order valence-corrected chi connectivity index (χ4v) is 2.30. The zero-order chi connectivity index (χ0) is 12.1. The number of benzene rings is 1. The highest BCUT2D eigenvalue weighted by Gasteiger charge is 2.12. The summed E-state index contributed by atoms with van der Waals surface area (Å²) in [5, 5.41) is 16.1. The molecular formula is C13H16ClN3. The van der Waals surface area contributed by atoms with Crippen LogP contribution in [-0.4, -0.2) is 19.6 Å². The molecule has 3 nitrogen and oxygen atoms in total. The van der Waals surface area contributed by atoms with E-state index < -0.39 is 0 Å². The molecule has 2 N–H and O–H groups in total. The lowest BCUT2D eigenvalue weighted by atomic mass is 10.00. The van der Waals surface area contributed by atoms with Crippen molar-refractivity contribution in [3.8, 4) is 6.07 Å². The van der Waals surface area contributed by atoms with Gasteiger partial charge in [-0.2, -0.15) is 5.26 Å². The van der Waals surface area contributed by atoms with Crippen LogP contribution >= 0.6 is 11.6 Å². The second-order valence-electron chi connectivity index (χ2n) is 4.40. The summed E-state index contributed by atoms with van der Waals surface area (Å²) >= 11 is 5.98. The van der Waals surface area contributed by atoms with E-state index in [9.17, 15) is 0 Å². The van der Waals surface area contributed by atoms with Gasteiger partial charge in [-0.25, -0.2) is 0 Å². The van der Waals surface area contributed by atoms with Gasteiger partial charge in [0.05, 0.1) is 10.6 Å². The molecule has 1 saturated heterocycles. The Bertz CT molecular complexity index is 419. The summed E-state index contributed by atoms with van der Waals surface area (Å²) in [4.78, 5) is 0. The molecule has 17 heavy (non-hydrogen) atoms. The van der Waals surface area contributed by atoms with Crippen LogP contribution in [0.2, 0.25) is 5.02 Å². The number of piperidine rings is 1. The first-order valence-electron chi connectivity index (χ1n) is 5.94. The number of nitrogens with one attached hydrogen (secondary N) is 2. The zero-order valence-electron chi connectivity index (χ0n) is 9.67. The van der Waals surface area contributed by atoms with Crippen LogP contribution in [-0.2, 0) is 0 Å². The summed E-state index contributed by atoms with van der Waals surface area (Å²) in [5.41, 5.74) is 1.51. The monoisotopic (exact) mass is 249 g/mol. The third-order valence-electron chi connectivity index (χ3n) is 3.08. The lowest BCUT2D eigenvalue weighted by Crippen LogP contribution is -2.33. The molecule has 0 saturated carbocycles. The third-order valence-corrected chi connectivity index (χ3v) is 3.40. The van der Waals surface area contributed by atoms with Gasteiger partial charge in [0, 0.05) is 12.2 Å². The summed E-state index contributed by atoms with van der Waals surface area (Å²) in [6, 6.07) is 7.53. The van der Waals surface area contributed by atoms with Gasteiger partial charge in [0.15, 0.2) is 0 Å². The van der Waals surface area contributed by atoms with Crippen LogP contribution in [0, 0.1) is 17.2 Å². The van der Waals surface area contributed by atoms with E-state index in [1.54, 1.807) is 6.07 Å². The van der Waals surface area contributed by atoms with E-state index in [4.69, 9.17) is 16.9 Å². The van der Waals surface area contributed by atoms with Gasteiger partial charge in [0.25, 0.3) is 0 Å². The standard InChI is InChI=1S/C13H16ClN3/c14-13-6-12(4-3-11(13)7-15)17-9-10-2-1-5-16-8-10/h3-4,6,10,16-17H,1-2,5,8-9H2. The van der Waals surface area contributed by atoms with Crippen molar-refractivity contribution in [2.24, 2.45) is 5.92 Å². The minimum Gasteiger partial charge on any atom is -0.385 e. The summed E-state index contributed by atoms with van der Waals surface area (Å²) in [5.74, 6) is 0.679. The van der Waals surface area contributed by atoms with Crippen molar-refractivity contribution in [1.82, 2.24) is 5.32 Å². The van der Waals surface area contributed by atoms with Crippen LogP contribution < -0.4 is 10.6 Å². The number of nitrogens with zero attached hydrogens (tertiary/aromatic N) is 1. The van der Waals surface area contributed by atoms with E-state index in [0.29, 0.717) is 16.5 Å². The predicted molar refractivity (Wildman–Crippen MR) is 70.3 cm³/mol. The second-order valence-corrected chi connectivity index (χ2v) is 4.81. The molecule has 0 aliphatic carbocycles. The molecule has 2 rings (SSSR count). The molecule has 4 heteroatoms. The highest BCUT2D eigenvalue weighted by molar-refractivity contribution is 6.32. The van der Waals surface area contributed by atoms with Gasteiger partial charge in [0.2, 0.25) is 0 Å². The number of hydrogen-bond donors (Lipinski definition) is 2. The van der Waals surface area contributed by atoms with E-state index in [2.05, 4.69) is 16.7 Å². The molecule has 0 amide bonds. The molecule has 0 radical (unpaired) electrons. The molecule has 1 atom stereocenters. The fourth-order valence-electron chi connectivity index (χ4n) is 2.08. The topological polar surface area (TPSA) is 47.9 Å². The molecule has 0 aromatic heterocycles. The molecule has 1 aliphatic heterocycles. The van der Waals surface area contributed by atoms with Gasteiger partial charge in [-0.05, 0) is 50.0 Å². The van der Waals surface area contributed by atoms with Gasteiger partial charge in [-0.3, -0.25) is 0 Å². The number of halogens is 1. The van der Waals surface area contributed by atoms with Crippen molar-refractivity contribution in [3.05, 3.63) is 28.8 Å². The number of anilines is 1. The Balaban J connectivity index is 1.90. The molecule has 0 spiro atoms. The maximum absolute atomic E-state index is 8.78. The van der Waals surface area contributed by atoms with Crippen LogP contribution in [0.4, 0.5) is 5.69 Å². The quantitative estimate of drug-likeness (QED) is 0.866. The lowest BCUT2D eigenvalue weighted by Gasteiger charge is -2.23. The first-order chi connectivity index (χ1) is 8.29. The van der Waals surface area contributed by atoms with Crippen LogP contribution in [0.15, 0.2) is 18.2 Å². The average Bonchev–Trinajstić information content (AvgIpc) is 2.38. The highest BCUT2D eigenvalue weighted by atomic mass is 35.5. The molecule has 1 aromatic rings. The Kier molecular flexibility index (Phi) is 4.24. The van der Waals surface area contributed by atoms with Gasteiger partial charge in [-0.1, -0.05) is 11.6 Å². The van der Waals surface area contributed by atoms with Crippen molar-refractivity contribution in [1.29, 1.82) is 5.26 Å². The van der Waals surface area contributed by atoms with Gasteiger partial charge < -0.3 is 10.6 Å². The van der Waals surface area contributed by atoms with Crippen LogP contribution in [0.5, 0.6) is 0 Å². The Morgan fingerprint density at radius 1 is 1.53 bits per heavy atom. The van der Waals surface area contributed by atoms with E-state index in [1.165, 1.54) is 12.8 Å². The minimum absolute atomic E-state index is 0.513. The van der Waals surface area contributed by atoms with Crippen molar-refractivity contribution in [2.75, 3.05) is 25.0 Å². The maximum atomic E-state index is 8.78. The Hall–Kier alpha value is -1.24. The van der Waals surface area contributed by atoms with Crippen LogP contribution in [0.3, 0.4) is 0 Å². The summed E-state index contributed by atoms with van der Waals surface area (Å²) in [7, 11) is 0.